The molecular formula is C26H54FNO5P-. The molecule has 0 aliphatic carbocycles. The van der Waals surface area contributed by atoms with Gasteiger partial charge in [0.2, 0.25) is 0 Å². The average molecular weight is 511 g/mol. The maximum Gasteiger partial charge on any atom is 0.268 e. The number of unbranched alkanes of at least 4 members (excludes halogenated alkanes) is 15. The number of alkyl halides is 1. The van der Waals surface area contributed by atoms with Crippen LogP contribution >= 0.6 is 7.82 Å². The third-order valence-electron chi connectivity index (χ3n) is 6.12. The highest BCUT2D eigenvalue weighted by Gasteiger charge is 2.15. The predicted molar refractivity (Wildman–Crippen MR) is 138 cm³/mol. The Labute approximate surface area is 209 Å². The minimum absolute atomic E-state index is 0.00216. The maximum absolute atomic E-state index is 13.8. The van der Waals surface area contributed by atoms with Crippen molar-refractivity contribution in [2.45, 2.75) is 123 Å². The summed E-state index contributed by atoms with van der Waals surface area (Å²) >= 11 is 0. The first-order valence-corrected chi connectivity index (χ1v) is 15.4. The highest BCUT2D eigenvalue weighted by atomic mass is 31.2. The molecule has 2 atom stereocenters. The number of rotatable bonds is 27. The van der Waals surface area contributed by atoms with Crippen molar-refractivity contribution in [3.63, 3.8) is 0 Å². The number of nitrogens with zero attached hydrogens (tertiary/aromatic N) is 1. The average Bonchev–Trinajstić information content (AvgIpc) is 2.81. The van der Waals surface area contributed by atoms with Gasteiger partial charge in [-0.15, -0.1) is 0 Å². The summed E-state index contributed by atoms with van der Waals surface area (Å²) in [4.78, 5) is 13.5. The van der Waals surface area contributed by atoms with E-state index in [1.807, 2.05) is 18.9 Å². The molecule has 6 nitrogen and oxygen atoms in total. The van der Waals surface area contributed by atoms with Crippen LogP contribution in [0.15, 0.2) is 0 Å². The maximum atomic E-state index is 13.8. The Morgan fingerprint density at radius 1 is 0.735 bits per heavy atom. The van der Waals surface area contributed by atoms with Gasteiger partial charge in [-0.25, -0.2) is 4.39 Å². The molecule has 0 aromatic heterocycles. The van der Waals surface area contributed by atoms with Crippen LogP contribution in [0.5, 0.6) is 0 Å². The summed E-state index contributed by atoms with van der Waals surface area (Å²) in [6.07, 6.45) is 19.5. The second-order valence-electron chi connectivity index (χ2n) is 9.45. The van der Waals surface area contributed by atoms with E-state index >= 15 is 0 Å². The Morgan fingerprint density at radius 2 is 1.21 bits per heavy atom. The molecule has 0 heterocycles. The summed E-state index contributed by atoms with van der Waals surface area (Å²) in [7, 11) is -2.61. The normalized spacial score (nSPS) is 14.5. The molecule has 0 spiro atoms. The first-order valence-electron chi connectivity index (χ1n) is 13.9. The lowest BCUT2D eigenvalue weighted by Crippen LogP contribution is -2.24. The monoisotopic (exact) mass is 510 g/mol. The molecule has 0 rings (SSSR count). The topological polar surface area (TPSA) is 71.1 Å². The fraction of sp³-hybridized carbons (Fsp3) is 1.00. The van der Waals surface area contributed by atoms with E-state index in [1.54, 1.807) is 0 Å². The van der Waals surface area contributed by atoms with Crippen LogP contribution in [-0.2, 0) is 18.3 Å². The van der Waals surface area contributed by atoms with Crippen molar-refractivity contribution < 1.29 is 27.6 Å². The summed E-state index contributed by atoms with van der Waals surface area (Å²) in [5.41, 5.74) is 0. The van der Waals surface area contributed by atoms with Crippen LogP contribution < -0.4 is 4.89 Å². The minimum Gasteiger partial charge on any atom is -0.756 e. The second kappa shape index (κ2) is 24.6. The molecular weight excluding hydrogens is 456 g/mol. The van der Waals surface area contributed by atoms with Crippen molar-refractivity contribution in [2.24, 2.45) is 0 Å². The van der Waals surface area contributed by atoms with E-state index in [1.165, 1.54) is 89.9 Å². The van der Waals surface area contributed by atoms with Gasteiger partial charge in [-0.3, -0.25) is 4.57 Å². The molecule has 0 aliphatic heterocycles. The Hall–Kier alpha value is -0.0400. The first kappa shape index (κ1) is 34.0. The van der Waals surface area contributed by atoms with Crippen LogP contribution in [0.4, 0.5) is 4.39 Å². The molecule has 206 valence electrons. The molecule has 0 aromatic rings. The van der Waals surface area contributed by atoms with E-state index in [0.29, 0.717) is 13.2 Å². The molecule has 0 amide bonds. The van der Waals surface area contributed by atoms with E-state index in [9.17, 15) is 13.8 Å². The minimum atomic E-state index is -4.46. The van der Waals surface area contributed by atoms with Crippen molar-refractivity contribution >= 4 is 7.82 Å². The van der Waals surface area contributed by atoms with Crippen molar-refractivity contribution in [3.05, 3.63) is 0 Å². The summed E-state index contributed by atoms with van der Waals surface area (Å²) in [5, 5.41) is 0. The lowest BCUT2D eigenvalue weighted by Gasteiger charge is -2.24. The van der Waals surface area contributed by atoms with Crippen LogP contribution in [0.1, 0.15) is 117 Å². The van der Waals surface area contributed by atoms with E-state index < -0.39 is 20.6 Å². The van der Waals surface area contributed by atoms with Gasteiger partial charge < -0.3 is 23.6 Å². The van der Waals surface area contributed by atoms with E-state index in [0.717, 1.165) is 19.4 Å². The zero-order valence-corrected chi connectivity index (χ0v) is 23.3. The number of ether oxygens (including phenoxy) is 1. The van der Waals surface area contributed by atoms with Gasteiger partial charge in [0, 0.05) is 13.2 Å². The number of halogens is 1. The summed E-state index contributed by atoms with van der Waals surface area (Å²) in [6.45, 7) is 5.25. The van der Waals surface area contributed by atoms with Gasteiger partial charge in [0.15, 0.2) is 0 Å². The Balaban J connectivity index is 3.35. The predicted octanol–water partition coefficient (Wildman–Crippen LogP) is 7.06. The second-order valence-corrected chi connectivity index (χ2v) is 10.9. The molecule has 0 radical (unpaired) electrons. The highest BCUT2D eigenvalue weighted by molar-refractivity contribution is 7.45. The van der Waals surface area contributed by atoms with Crippen molar-refractivity contribution in [3.8, 4) is 0 Å². The number of phosphoric ester groups is 1. The summed E-state index contributed by atoms with van der Waals surface area (Å²) in [5.74, 6) is 0. The lowest BCUT2D eigenvalue weighted by atomic mass is 10.0. The van der Waals surface area contributed by atoms with E-state index in [-0.39, 0.29) is 13.2 Å². The Bertz CT molecular complexity index is 472. The van der Waals surface area contributed by atoms with Crippen molar-refractivity contribution in [2.75, 3.05) is 46.6 Å². The zero-order chi connectivity index (χ0) is 25.3. The van der Waals surface area contributed by atoms with E-state index in [4.69, 9.17) is 9.26 Å². The molecule has 0 aromatic carbocycles. The van der Waals surface area contributed by atoms with Crippen LogP contribution in [-0.4, -0.2) is 57.6 Å². The first-order chi connectivity index (χ1) is 16.4. The number of hydrogen-bond donors (Lipinski definition) is 0. The molecule has 34 heavy (non-hydrogen) atoms. The number of phosphoric acid groups is 1. The van der Waals surface area contributed by atoms with Crippen LogP contribution in [0.2, 0.25) is 0 Å². The van der Waals surface area contributed by atoms with Crippen LogP contribution in [0.3, 0.4) is 0 Å². The molecule has 0 aliphatic rings. The van der Waals surface area contributed by atoms with Gasteiger partial charge in [0.25, 0.3) is 7.82 Å². The number of hydrogen-bond acceptors (Lipinski definition) is 6. The zero-order valence-electron chi connectivity index (χ0n) is 22.4. The lowest BCUT2D eigenvalue weighted by molar-refractivity contribution is -0.227. The Kier molecular flexibility index (Phi) is 24.6. The molecule has 2 unspecified atom stereocenters. The standard InChI is InChI=1S/C26H55FNO5P/c1-4-6-7-8-9-10-11-12-13-14-15-16-17-18-19-20-22-31-24-26(27)25-33-34(29,30)32-23-21-28(3)5-2/h26H,4-25H2,1-3H3,(H,29,30)/p-1. The van der Waals surface area contributed by atoms with Gasteiger partial charge in [-0.1, -0.05) is 110 Å². The fourth-order valence-electron chi connectivity index (χ4n) is 3.69. The van der Waals surface area contributed by atoms with E-state index in [2.05, 4.69) is 11.4 Å². The SMILES string of the molecule is CCCCCCCCCCCCCCCCCCOCC(F)COP(=O)([O-])OCCN(C)CC. The largest absolute Gasteiger partial charge is 0.756 e. The van der Waals surface area contributed by atoms with Gasteiger partial charge in [0.05, 0.1) is 19.8 Å². The molecule has 8 heteroatoms. The molecule has 0 saturated heterocycles. The van der Waals surface area contributed by atoms with Crippen LogP contribution in [0.25, 0.3) is 0 Å². The van der Waals surface area contributed by atoms with Gasteiger partial charge in [-0.2, -0.15) is 0 Å². The van der Waals surface area contributed by atoms with Crippen LogP contribution in [0, 0.1) is 0 Å². The summed E-state index contributed by atoms with van der Waals surface area (Å²) in [6, 6.07) is 0. The smallest absolute Gasteiger partial charge is 0.268 e. The molecule has 0 fully saturated rings. The highest BCUT2D eigenvalue weighted by Crippen LogP contribution is 2.38. The van der Waals surface area contributed by atoms with Gasteiger partial charge in [0.1, 0.15) is 6.17 Å². The van der Waals surface area contributed by atoms with Gasteiger partial charge in [-0.05, 0) is 20.0 Å². The fourth-order valence-corrected chi connectivity index (χ4v) is 4.41. The molecule has 0 bridgehead atoms. The third kappa shape index (κ3) is 25.1. The van der Waals surface area contributed by atoms with Gasteiger partial charge >= 0.3 is 0 Å². The molecule has 0 saturated carbocycles. The van der Waals surface area contributed by atoms with Crippen molar-refractivity contribution in [1.29, 1.82) is 0 Å². The third-order valence-corrected chi connectivity index (χ3v) is 7.08. The number of likely N-dealkylation sites (N-methyl/N-ethyl adjacent to an activating group) is 1. The molecule has 0 N–H and O–H groups in total. The summed E-state index contributed by atoms with van der Waals surface area (Å²) < 4.78 is 40.0. The quantitative estimate of drug-likeness (QED) is 0.0870. The Morgan fingerprint density at radius 3 is 1.68 bits per heavy atom. The van der Waals surface area contributed by atoms with Crippen molar-refractivity contribution in [1.82, 2.24) is 4.90 Å².